The van der Waals surface area contributed by atoms with Crippen molar-refractivity contribution in [2.24, 2.45) is 0 Å². The minimum atomic E-state index is 0.833. The van der Waals surface area contributed by atoms with Crippen molar-refractivity contribution < 1.29 is 4.74 Å². The molecule has 1 aromatic carbocycles. The molecule has 0 atom stereocenters. The minimum absolute atomic E-state index is 0.833. The Hall–Kier alpha value is -1.51. The summed E-state index contributed by atoms with van der Waals surface area (Å²) in [5.41, 5.74) is 3.12. The number of hydrogen-bond acceptors (Lipinski definition) is 2. The van der Waals surface area contributed by atoms with Crippen molar-refractivity contribution >= 4 is 11.0 Å². The van der Waals surface area contributed by atoms with Gasteiger partial charge in [0.15, 0.2) is 0 Å². The highest BCUT2D eigenvalue weighted by molar-refractivity contribution is 5.82. The van der Waals surface area contributed by atoms with Crippen LogP contribution in [0.2, 0.25) is 0 Å². The summed E-state index contributed by atoms with van der Waals surface area (Å²) in [5, 5.41) is 0. The van der Waals surface area contributed by atoms with Crippen LogP contribution in [0, 0.1) is 13.8 Å². The topological polar surface area (TPSA) is 37.9 Å². The van der Waals surface area contributed by atoms with Crippen LogP contribution in [0.3, 0.4) is 0 Å². The van der Waals surface area contributed by atoms with Gasteiger partial charge in [0.25, 0.3) is 0 Å². The van der Waals surface area contributed by atoms with Gasteiger partial charge in [-0.25, -0.2) is 4.98 Å². The molecular weight excluding hydrogens is 164 g/mol. The van der Waals surface area contributed by atoms with Gasteiger partial charge in [-0.05, 0) is 31.5 Å². The third-order valence-electron chi connectivity index (χ3n) is 2.03. The molecular formula is C10H12N2O. The molecule has 2 aromatic rings. The second-order valence-electron chi connectivity index (χ2n) is 3.19. The van der Waals surface area contributed by atoms with E-state index in [1.807, 2.05) is 19.9 Å². The van der Waals surface area contributed by atoms with Gasteiger partial charge in [-0.3, -0.25) is 0 Å². The molecule has 1 aromatic heterocycles. The molecule has 3 nitrogen and oxygen atoms in total. The molecule has 0 saturated heterocycles. The third kappa shape index (κ3) is 1.26. The Morgan fingerprint density at radius 1 is 1.31 bits per heavy atom. The van der Waals surface area contributed by atoms with Gasteiger partial charge in [0.2, 0.25) is 0 Å². The lowest BCUT2D eigenvalue weighted by molar-refractivity contribution is 0.418. The van der Waals surface area contributed by atoms with E-state index in [1.165, 1.54) is 5.56 Å². The lowest BCUT2D eigenvalue weighted by Crippen LogP contribution is -1.85. The number of nitrogens with one attached hydrogen (secondary N) is 1. The normalized spacial score (nSPS) is 10.7. The van der Waals surface area contributed by atoms with E-state index in [-0.39, 0.29) is 0 Å². The van der Waals surface area contributed by atoms with Crippen molar-refractivity contribution in [3.63, 3.8) is 0 Å². The van der Waals surface area contributed by atoms with E-state index in [0.29, 0.717) is 0 Å². The number of fused-ring (bicyclic) bond motifs is 1. The molecule has 0 saturated carbocycles. The Kier molecular flexibility index (Phi) is 1.72. The molecule has 0 aliphatic heterocycles. The van der Waals surface area contributed by atoms with Crippen LogP contribution in [-0.4, -0.2) is 17.1 Å². The van der Waals surface area contributed by atoms with E-state index >= 15 is 0 Å². The minimum Gasteiger partial charge on any atom is -0.494 e. The first kappa shape index (κ1) is 8.10. The molecule has 0 fully saturated rings. The van der Waals surface area contributed by atoms with Crippen LogP contribution in [0.15, 0.2) is 12.1 Å². The van der Waals surface area contributed by atoms with Gasteiger partial charge in [0.05, 0.1) is 12.6 Å². The van der Waals surface area contributed by atoms with Crippen LogP contribution in [0.25, 0.3) is 11.0 Å². The zero-order valence-electron chi connectivity index (χ0n) is 8.01. The van der Waals surface area contributed by atoms with Gasteiger partial charge < -0.3 is 9.72 Å². The largest absolute Gasteiger partial charge is 0.494 e. The number of methoxy groups -OCH3 is 1. The summed E-state index contributed by atoms with van der Waals surface area (Å²) >= 11 is 0. The van der Waals surface area contributed by atoms with Crippen molar-refractivity contribution in [2.75, 3.05) is 7.11 Å². The van der Waals surface area contributed by atoms with Gasteiger partial charge in [-0.2, -0.15) is 0 Å². The molecule has 0 amide bonds. The Balaban J connectivity index is 2.80. The van der Waals surface area contributed by atoms with Gasteiger partial charge in [0.1, 0.15) is 17.1 Å². The first-order chi connectivity index (χ1) is 6.20. The van der Waals surface area contributed by atoms with Crippen molar-refractivity contribution in [1.29, 1.82) is 0 Å². The van der Waals surface area contributed by atoms with Crippen molar-refractivity contribution in [3.05, 3.63) is 23.5 Å². The van der Waals surface area contributed by atoms with Crippen molar-refractivity contribution in [3.8, 4) is 5.75 Å². The Morgan fingerprint density at radius 3 is 2.77 bits per heavy atom. The second-order valence-corrected chi connectivity index (χ2v) is 3.19. The highest BCUT2D eigenvalue weighted by Gasteiger charge is 2.06. The van der Waals surface area contributed by atoms with Gasteiger partial charge in [0, 0.05) is 0 Å². The third-order valence-corrected chi connectivity index (χ3v) is 2.03. The summed E-state index contributed by atoms with van der Waals surface area (Å²) in [6.07, 6.45) is 0. The summed E-state index contributed by atoms with van der Waals surface area (Å²) in [6.45, 7) is 3.98. The molecule has 3 heteroatoms. The maximum absolute atomic E-state index is 5.24. The number of hydrogen-bond donors (Lipinski definition) is 1. The molecule has 0 unspecified atom stereocenters. The fourth-order valence-corrected chi connectivity index (χ4v) is 1.50. The molecule has 0 bridgehead atoms. The molecule has 0 radical (unpaired) electrons. The fraction of sp³-hybridized carbons (Fsp3) is 0.300. The van der Waals surface area contributed by atoms with E-state index in [4.69, 9.17) is 4.74 Å². The highest BCUT2D eigenvalue weighted by atomic mass is 16.5. The molecule has 68 valence electrons. The van der Waals surface area contributed by atoms with E-state index in [9.17, 15) is 0 Å². The predicted molar refractivity (Wildman–Crippen MR) is 52.1 cm³/mol. The number of rotatable bonds is 1. The van der Waals surface area contributed by atoms with Crippen LogP contribution >= 0.6 is 0 Å². The zero-order valence-corrected chi connectivity index (χ0v) is 8.01. The molecule has 0 aliphatic rings. The predicted octanol–water partition coefficient (Wildman–Crippen LogP) is 2.19. The maximum Gasteiger partial charge on any atom is 0.146 e. The standard InChI is InChI=1S/C10H12N2O/c1-6-4-8-10(9(5-6)13-3)12-7(2)11-8/h4-5H,1-3H3,(H,11,12). The Morgan fingerprint density at radius 2 is 2.08 bits per heavy atom. The SMILES string of the molecule is COc1cc(C)cc2[nH]c(C)nc12. The number of benzene rings is 1. The zero-order chi connectivity index (χ0) is 9.42. The molecule has 13 heavy (non-hydrogen) atoms. The summed E-state index contributed by atoms with van der Waals surface area (Å²) in [6, 6.07) is 4.06. The Labute approximate surface area is 76.8 Å². The van der Waals surface area contributed by atoms with Crippen LogP contribution in [0.5, 0.6) is 5.75 Å². The van der Waals surface area contributed by atoms with Crippen LogP contribution in [0.4, 0.5) is 0 Å². The van der Waals surface area contributed by atoms with Crippen LogP contribution < -0.4 is 4.74 Å². The van der Waals surface area contributed by atoms with E-state index in [2.05, 4.69) is 16.0 Å². The molecule has 1 N–H and O–H groups in total. The highest BCUT2D eigenvalue weighted by Crippen LogP contribution is 2.24. The van der Waals surface area contributed by atoms with Crippen LogP contribution in [0.1, 0.15) is 11.4 Å². The molecule has 0 aliphatic carbocycles. The smallest absolute Gasteiger partial charge is 0.146 e. The van der Waals surface area contributed by atoms with E-state index in [0.717, 1.165) is 22.6 Å². The maximum atomic E-state index is 5.24. The molecule has 1 heterocycles. The average Bonchev–Trinajstić information content (AvgIpc) is 2.43. The summed E-state index contributed by atoms with van der Waals surface area (Å²) in [7, 11) is 1.66. The fourth-order valence-electron chi connectivity index (χ4n) is 1.50. The first-order valence-corrected chi connectivity index (χ1v) is 4.21. The number of ether oxygens (including phenoxy) is 1. The van der Waals surface area contributed by atoms with Gasteiger partial charge in [-0.15, -0.1) is 0 Å². The van der Waals surface area contributed by atoms with E-state index < -0.39 is 0 Å². The first-order valence-electron chi connectivity index (χ1n) is 4.21. The van der Waals surface area contributed by atoms with Gasteiger partial charge in [-0.1, -0.05) is 0 Å². The average molecular weight is 176 g/mol. The molecule has 2 rings (SSSR count). The number of H-pyrrole nitrogens is 1. The lowest BCUT2D eigenvalue weighted by atomic mass is 10.2. The second kappa shape index (κ2) is 2.76. The van der Waals surface area contributed by atoms with Gasteiger partial charge >= 0.3 is 0 Å². The van der Waals surface area contributed by atoms with Crippen LogP contribution in [-0.2, 0) is 0 Å². The summed E-state index contributed by atoms with van der Waals surface area (Å²) < 4.78 is 5.24. The monoisotopic (exact) mass is 176 g/mol. The van der Waals surface area contributed by atoms with E-state index in [1.54, 1.807) is 7.11 Å². The number of nitrogens with zero attached hydrogens (tertiary/aromatic N) is 1. The Bertz CT molecular complexity index is 445. The lowest BCUT2D eigenvalue weighted by Gasteiger charge is -2.01. The number of aromatic nitrogens is 2. The van der Waals surface area contributed by atoms with Crippen molar-refractivity contribution in [2.45, 2.75) is 13.8 Å². The quantitative estimate of drug-likeness (QED) is 0.723. The summed E-state index contributed by atoms with van der Waals surface area (Å²) in [4.78, 5) is 7.53. The number of aryl methyl sites for hydroxylation is 2. The number of imidazole rings is 1. The van der Waals surface area contributed by atoms with Crippen molar-refractivity contribution in [1.82, 2.24) is 9.97 Å². The number of aromatic amines is 1. The molecule has 0 spiro atoms. The summed E-state index contributed by atoms with van der Waals surface area (Å²) in [5.74, 6) is 1.75.